The predicted molar refractivity (Wildman–Crippen MR) is 68.7 cm³/mol. The van der Waals surface area contributed by atoms with Crippen LogP contribution in [0.3, 0.4) is 0 Å². The Morgan fingerprint density at radius 3 is 2.62 bits per heavy atom. The van der Waals surface area contributed by atoms with Gasteiger partial charge in [0.15, 0.2) is 0 Å². The molecule has 2 unspecified atom stereocenters. The summed E-state index contributed by atoms with van der Waals surface area (Å²) in [5.74, 6) is -1.48. The molecule has 1 heterocycles. The van der Waals surface area contributed by atoms with Crippen molar-refractivity contribution < 1.29 is 23.1 Å². The monoisotopic (exact) mass is 298 g/mol. The van der Waals surface area contributed by atoms with E-state index in [9.17, 15) is 18.0 Å². The molecule has 112 valence electrons. The van der Waals surface area contributed by atoms with Crippen molar-refractivity contribution in [3.05, 3.63) is 29.3 Å². The molecule has 0 amide bonds. The largest absolute Gasteiger partial charge is 0.481 e. The highest BCUT2D eigenvalue weighted by Gasteiger charge is 2.37. The maximum atomic E-state index is 12.7. The Morgan fingerprint density at radius 1 is 1.48 bits per heavy atom. The van der Waals surface area contributed by atoms with E-state index < -0.39 is 29.2 Å². The third-order valence-electron chi connectivity index (χ3n) is 3.83. The van der Waals surface area contributed by atoms with Crippen molar-refractivity contribution in [3.8, 4) is 6.07 Å². The van der Waals surface area contributed by atoms with Crippen LogP contribution in [0.4, 0.5) is 18.9 Å². The quantitative estimate of drug-likeness (QED) is 0.912. The minimum atomic E-state index is -4.58. The van der Waals surface area contributed by atoms with Gasteiger partial charge in [0, 0.05) is 18.3 Å². The molecule has 2 atom stereocenters. The Balaban J connectivity index is 2.35. The molecule has 0 radical (unpaired) electrons. The highest BCUT2D eigenvalue weighted by Crippen LogP contribution is 2.36. The molecule has 1 N–H and O–H groups in total. The van der Waals surface area contributed by atoms with Gasteiger partial charge in [-0.2, -0.15) is 18.4 Å². The van der Waals surface area contributed by atoms with Gasteiger partial charge in [-0.25, -0.2) is 0 Å². The Labute approximate surface area is 119 Å². The number of halogens is 3. The van der Waals surface area contributed by atoms with Crippen molar-refractivity contribution >= 4 is 11.7 Å². The summed E-state index contributed by atoms with van der Waals surface area (Å²) in [7, 11) is 0. The second kappa shape index (κ2) is 5.28. The number of hydrogen-bond donors (Lipinski definition) is 1. The molecule has 21 heavy (non-hydrogen) atoms. The zero-order valence-electron chi connectivity index (χ0n) is 11.2. The summed E-state index contributed by atoms with van der Waals surface area (Å²) in [6, 6.07) is 4.55. The molecule has 1 saturated heterocycles. The Morgan fingerprint density at radius 2 is 2.14 bits per heavy atom. The highest BCUT2D eigenvalue weighted by atomic mass is 19.4. The Kier molecular flexibility index (Phi) is 3.81. The van der Waals surface area contributed by atoms with Crippen LogP contribution in [-0.2, 0) is 11.0 Å². The normalized spacial score (nSPS) is 22.1. The van der Waals surface area contributed by atoms with Gasteiger partial charge in [0.05, 0.1) is 23.1 Å². The zero-order valence-corrected chi connectivity index (χ0v) is 11.2. The van der Waals surface area contributed by atoms with E-state index in [-0.39, 0.29) is 6.04 Å². The number of nitriles is 1. The van der Waals surface area contributed by atoms with Crippen LogP contribution in [0.15, 0.2) is 18.2 Å². The highest BCUT2D eigenvalue weighted by molar-refractivity contribution is 5.73. The summed E-state index contributed by atoms with van der Waals surface area (Å²) >= 11 is 0. The number of carbonyl (C=O) groups is 1. The lowest BCUT2D eigenvalue weighted by atomic mass is 10.0. The number of carboxylic acid groups (broad SMARTS) is 1. The average molecular weight is 298 g/mol. The molecule has 0 spiro atoms. The summed E-state index contributed by atoms with van der Waals surface area (Å²) in [5, 5.41) is 18.0. The lowest BCUT2D eigenvalue weighted by molar-refractivity contribution is -0.141. The molecular formula is C14H13F3N2O2. The van der Waals surface area contributed by atoms with Gasteiger partial charge in [-0.15, -0.1) is 0 Å². The lowest BCUT2D eigenvalue weighted by Crippen LogP contribution is -2.33. The van der Waals surface area contributed by atoms with Crippen molar-refractivity contribution in [2.75, 3.05) is 11.4 Å². The van der Waals surface area contributed by atoms with Crippen LogP contribution in [0.1, 0.15) is 24.5 Å². The first-order valence-electron chi connectivity index (χ1n) is 6.36. The third-order valence-corrected chi connectivity index (χ3v) is 3.83. The van der Waals surface area contributed by atoms with Crippen LogP contribution in [0, 0.1) is 17.2 Å². The van der Waals surface area contributed by atoms with Gasteiger partial charge < -0.3 is 10.0 Å². The van der Waals surface area contributed by atoms with Crippen molar-refractivity contribution in [3.63, 3.8) is 0 Å². The van der Waals surface area contributed by atoms with Crippen LogP contribution < -0.4 is 4.90 Å². The molecule has 0 bridgehead atoms. The minimum Gasteiger partial charge on any atom is -0.481 e. The second-order valence-corrected chi connectivity index (χ2v) is 5.01. The molecule has 7 heteroatoms. The van der Waals surface area contributed by atoms with Crippen molar-refractivity contribution in [1.82, 2.24) is 0 Å². The number of alkyl halides is 3. The van der Waals surface area contributed by atoms with E-state index in [1.54, 1.807) is 17.9 Å². The SMILES string of the molecule is CC1C(C(=O)O)CCN1c1ccc(C(F)(F)F)c(C#N)c1. The van der Waals surface area contributed by atoms with Crippen LogP contribution in [-0.4, -0.2) is 23.7 Å². The maximum absolute atomic E-state index is 12.7. The predicted octanol–water partition coefficient (Wildman–Crippen LogP) is 2.88. The van der Waals surface area contributed by atoms with Crippen LogP contribution >= 0.6 is 0 Å². The van der Waals surface area contributed by atoms with E-state index in [1.165, 1.54) is 12.1 Å². The molecular weight excluding hydrogens is 285 g/mol. The van der Waals surface area contributed by atoms with Crippen LogP contribution in [0.25, 0.3) is 0 Å². The molecule has 4 nitrogen and oxygen atoms in total. The number of benzene rings is 1. The van der Waals surface area contributed by atoms with Crippen molar-refractivity contribution in [2.24, 2.45) is 5.92 Å². The van der Waals surface area contributed by atoms with Gasteiger partial charge >= 0.3 is 12.1 Å². The summed E-state index contributed by atoms with van der Waals surface area (Å²) in [4.78, 5) is 12.8. The van der Waals surface area contributed by atoms with Gasteiger partial charge in [-0.05, 0) is 31.5 Å². The number of anilines is 1. The van der Waals surface area contributed by atoms with E-state index in [2.05, 4.69) is 0 Å². The van der Waals surface area contributed by atoms with E-state index in [4.69, 9.17) is 10.4 Å². The van der Waals surface area contributed by atoms with Crippen molar-refractivity contribution in [2.45, 2.75) is 25.6 Å². The number of hydrogen-bond acceptors (Lipinski definition) is 3. The fourth-order valence-electron chi connectivity index (χ4n) is 2.68. The minimum absolute atomic E-state index is 0.328. The molecule has 0 aromatic heterocycles. The van der Waals surface area contributed by atoms with Gasteiger partial charge in [0.2, 0.25) is 0 Å². The van der Waals surface area contributed by atoms with Crippen LogP contribution in [0.5, 0.6) is 0 Å². The number of aliphatic carboxylic acids is 1. The topological polar surface area (TPSA) is 64.3 Å². The lowest BCUT2D eigenvalue weighted by Gasteiger charge is -2.26. The van der Waals surface area contributed by atoms with E-state index in [1.807, 2.05) is 0 Å². The molecule has 1 fully saturated rings. The summed E-state index contributed by atoms with van der Waals surface area (Å²) in [5.41, 5.74) is -0.989. The Bertz CT molecular complexity index is 607. The van der Waals surface area contributed by atoms with Gasteiger partial charge in [-0.3, -0.25) is 4.79 Å². The first-order valence-corrected chi connectivity index (χ1v) is 6.36. The maximum Gasteiger partial charge on any atom is 0.417 e. The third kappa shape index (κ3) is 2.79. The molecule has 0 saturated carbocycles. The number of nitrogens with zero attached hydrogens (tertiary/aromatic N) is 2. The van der Waals surface area contributed by atoms with Gasteiger partial charge in [0.25, 0.3) is 0 Å². The van der Waals surface area contributed by atoms with Gasteiger partial charge in [-0.1, -0.05) is 0 Å². The standard InChI is InChI=1S/C14H13F3N2O2/c1-8-11(13(20)21)4-5-19(8)10-2-3-12(14(15,16)17)9(6-10)7-18/h2-3,6,8,11H,4-5H2,1H3,(H,20,21). The summed E-state index contributed by atoms with van der Waals surface area (Å²) < 4.78 is 38.2. The van der Waals surface area contributed by atoms with Crippen LogP contribution in [0.2, 0.25) is 0 Å². The van der Waals surface area contributed by atoms with E-state index >= 15 is 0 Å². The summed E-state index contributed by atoms with van der Waals surface area (Å²) in [6.07, 6.45) is -4.15. The second-order valence-electron chi connectivity index (χ2n) is 5.01. The Hall–Kier alpha value is -2.23. The molecule has 1 aliphatic rings. The molecule has 0 aliphatic carbocycles. The molecule has 1 aromatic carbocycles. The van der Waals surface area contributed by atoms with Gasteiger partial charge in [0.1, 0.15) is 0 Å². The van der Waals surface area contributed by atoms with E-state index in [0.29, 0.717) is 18.7 Å². The fourth-order valence-corrected chi connectivity index (χ4v) is 2.68. The first kappa shape index (κ1) is 15.2. The fraction of sp³-hybridized carbons (Fsp3) is 0.429. The average Bonchev–Trinajstić information content (AvgIpc) is 2.79. The number of carboxylic acids is 1. The molecule has 1 aromatic rings. The summed E-state index contributed by atoms with van der Waals surface area (Å²) in [6.45, 7) is 2.16. The van der Waals surface area contributed by atoms with E-state index in [0.717, 1.165) is 6.07 Å². The van der Waals surface area contributed by atoms with Crippen molar-refractivity contribution in [1.29, 1.82) is 5.26 Å². The smallest absolute Gasteiger partial charge is 0.417 e. The zero-order chi connectivity index (χ0) is 15.8. The molecule has 1 aliphatic heterocycles. The first-order chi connectivity index (χ1) is 9.75. The molecule has 2 rings (SSSR count). The number of rotatable bonds is 2.